The van der Waals surface area contributed by atoms with Crippen LogP contribution in [0.4, 0.5) is 0 Å². The van der Waals surface area contributed by atoms with Crippen molar-refractivity contribution in [1.29, 1.82) is 0 Å². The normalized spacial score (nSPS) is 16.3. The Morgan fingerprint density at radius 1 is 1.28 bits per heavy atom. The molecule has 0 aromatic carbocycles. The molecule has 2 heterocycles. The fraction of sp³-hybridized carbons (Fsp3) is 0.467. The molecule has 7 nitrogen and oxygen atoms in total. The monoisotopic (exact) mass is 406 g/mol. The number of halogens is 1. The Kier molecular flexibility index (Phi) is 7.00. The lowest BCUT2D eigenvalue weighted by Crippen LogP contribution is -2.51. The Morgan fingerprint density at radius 2 is 1.96 bits per heavy atom. The molecular weight excluding hydrogens is 388 g/mol. The van der Waals surface area contributed by atoms with Gasteiger partial charge in [0.05, 0.1) is 4.34 Å². The summed E-state index contributed by atoms with van der Waals surface area (Å²) in [6.07, 6.45) is 3.63. The summed E-state index contributed by atoms with van der Waals surface area (Å²) in [4.78, 5) is 24.9. The van der Waals surface area contributed by atoms with Crippen LogP contribution in [0, 0.1) is 0 Å². The highest BCUT2D eigenvalue weighted by Gasteiger charge is 2.31. The lowest BCUT2D eigenvalue weighted by atomic mass is 10.3. The largest absolute Gasteiger partial charge is 0.452 e. The molecule has 2 rings (SSSR count). The van der Waals surface area contributed by atoms with E-state index in [2.05, 4.69) is 0 Å². The molecule has 0 N–H and O–H groups in total. The van der Waals surface area contributed by atoms with Crippen LogP contribution in [0.15, 0.2) is 28.5 Å². The summed E-state index contributed by atoms with van der Waals surface area (Å²) in [5.74, 6) is -0.902. The van der Waals surface area contributed by atoms with E-state index in [0.29, 0.717) is 10.8 Å². The number of sulfonamides is 1. The average Bonchev–Trinajstić information content (AvgIpc) is 3.05. The van der Waals surface area contributed by atoms with Gasteiger partial charge in [-0.3, -0.25) is 4.79 Å². The van der Waals surface area contributed by atoms with Gasteiger partial charge in [0.15, 0.2) is 6.61 Å². The number of hydrogen-bond acceptors (Lipinski definition) is 6. The van der Waals surface area contributed by atoms with E-state index in [-0.39, 0.29) is 42.9 Å². The van der Waals surface area contributed by atoms with Crippen LogP contribution in [0.5, 0.6) is 0 Å². The number of carbonyl (C=O) groups excluding carboxylic acids is 2. The van der Waals surface area contributed by atoms with E-state index in [9.17, 15) is 18.0 Å². The number of piperazine rings is 1. The maximum atomic E-state index is 12.5. The van der Waals surface area contributed by atoms with Crippen LogP contribution in [0.25, 0.3) is 0 Å². The molecule has 0 saturated carbocycles. The van der Waals surface area contributed by atoms with E-state index >= 15 is 0 Å². The highest BCUT2D eigenvalue weighted by atomic mass is 35.5. The average molecular weight is 407 g/mol. The fourth-order valence-electron chi connectivity index (χ4n) is 2.23. The molecule has 0 aliphatic carbocycles. The molecular formula is C15H19ClN2O5S2. The highest BCUT2D eigenvalue weighted by Crippen LogP contribution is 2.28. The van der Waals surface area contributed by atoms with Crippen LogP contribution in [-0.4, -0.2) is 62.3 Å². The van der Waals surface area contributed by atoms with Crippen LogP contribution in [-0.2, 0) is 24.3 Å². The van der Waals surface area contributed by atoms with Crippen molar-refractivity contribution in [1.82, 2.24) is 9.21 Å². The van der Waals surface area contributed by atoms with Gasteiger partial charge in [0.2, 0.25) is 0 Å². The van der Waals surface area contributed by atoms with Crippen molar-refractivity contribution in [2.24, 2.45) is 0 Å². The number of hydrogen-bond donors (Lipinski definition) is 0. The standard InChI is InChI=1S/C15H19ClN2O5S2/c1-2-3-4-14(20)23-11-13(19)17-7-9-18(10-8-17)25(21,22)15-6-5-12(16)24-15/h3-6H,2,7-11H2,1H3/b4-3+. The van der Waals surface area contributed by atoms with Crippen molar-refractivity contribution in [3.8, 4) is 0 Å². The van der Waals surface area contributed by atoms with E-state index < -0.39 is 16.0 Å². The lowest BCUT2D eigenvalue weighted by Gasteiger charge is -2.33. The molecule has 0 spiro atoms. The molecule has 1 aliphatic heterocycles. The molecule has 0 bridgehead atoms. The second-order valence-electron chi connectivity index (χ2n) is 5.26. The van der Waals surface area contributed by atoms with Gasteiger partial charge in [-0.15, -0.1) is 11.3 Å². The number of thiophene rings is 1. The zero-order valence-corrected chi connectivity index (χ0v) is 16.1. The van der Waals surface area contributed by atoms with Crippen molar-refractivity contribution in [3.05, 3.63) is 28.6 Å². The number of amides is 1. The zero-order chi connectivity index (χ0) is 18.4. The van der Waals surface area contributed by atoms with Gasteiger partial charge in [-0.1, -0.05) is 24.6 Å². The molecule has 10 heteroatoms. The summed E-state index contributed by atoms with van der Waals surface area (Å²) in [7, 11) is -3.59. The molecule has 1 aromatic rings. The predicted octanol–water partition coefficient (Wildman–Crippen LogP) is 1.74. The van der Waals surface area contributed by atoms with Gasteiger partial charge in [-0.25, -0.2) is 13.2 Å². The fourth-order valence-corrected chi connectivity index (χ4v) is 5.29. The summed E-state index contributed by atoms with van der Waals surface area (Å²) >= 11 is 6.80. The summed E-state index contributed by atoms with van der Waals surface area (Å²) in [6.45, 7) is 2.41. The number of rotatable bonds is 6. The van der Waals surface area contributed by atoms with Crippen molar-refractivity contribution >= 4 is 44.8 Å². The molecule has 1 saturated heterocycles. The predicted molar refractivity (Wildman–Crippen MR) is 95.1 cm³/mol. The van der Waals surface area contributed by atoms with Gasteiger partial charge in [-0.2, -0.15) is 4.31 Å². The first-order valence-electron chi connectivity index (χ1n) is 7.71. The van der Waals surface area contributed by atoms with Crippen LogP contribution in [0.2, 0.25) is 4.34 Å². The molecule has 1 fully saturated rings. The maximum absolute atomic E-state index is 12.5. The number of esters is 1. The highest BCUT2D eigenvalue weighted by molar-refractivity contribution is 7.91. The van der Waals surface area contributed by atoms with Gasteiger partial charge in [0, 0.05) is 32.3 Å². The zero-order valence-electron chi connectivity index (χ0n) is 13.7. The van der Waals surface area contributed by atoms with Crippen LogP contribution < -0.4 is 0 Å². The molecule has 25 heavy (non-hydrogen) atoms. The third kappa shape index (κ3) is 5.27. The Hall–Kier alpha value is -1.42. The minimum Gasteiger partial charge on any atom is -0.452 e. The summed E-state index contributed by atoms with van der Waals surface area (Å²) in [5.41, 5.74) is 0. The van der Waals surface area contributed by atoms with Gasteiger partial charge in [0.1, 0.15) is 4.21 Å². The Labute approximate surface area is 155 Å². The van der Waals surface area contributed by atoms with E-state index in [1.165, 1.54) is 21.3 Å². The topological polar surface area (TPSA) is 84.0 Å². The van der Waals surface area contributed by atoms with Crippen molar-refractivity contribution in [2.45, 2.75) is 17.6 Å². The second-order valence-corrected chi connectivity index (χ2v) is 9.14. The van der Waals surface area contributed by atoms with Gasteiger partial charge >= 0.3 is 5.97 Å². The summed E-state index contributed by atoms with van der Waals surface area (Å²) < 4.78 is 31.8. The number of nitrogens with zero attached hydrogens (tertiary/aromatic N) is 2. The first kappa shape index (κ1) is 19.9. The van der Waals surface area contributed by atoms with Crippen molar-refractivity contribution in [2.75, 3.05) is 32.8 Å². The van der Waals surface area contributed by atoms with E-state index in [0.717, 1.165) is 11.3 Å². The van der Waals surface area contributed by atoms with Gasteiger partial charge < -0.3 is 9.64 Å². The quantitative estimate of drug-likeness (QED) is 0.530. The Bertz CT molecular complexity index is 752. The molecule has 1 amide bonds. The van der Waals surface area contributed by atoms with E-state index in [1.54, 1.807) is 12.1 Å². The summed E-state index contributed by atoms with van der Waals surface area (Å²) in [6, 6.07) is 3.02. The number of ether oxygens (including phenoxy) is 1. The Morgan fingerprint density at radius 3 is 2.52 bits per heavy atom. The van der Waals surface area contributed by atoms with Gasteiger partial charge in [0.25, 0.3) is 15.9 Å². The first-order valence-corrected chi connectivity index (χ1v) is 10.3. The molecule has 0 atom stereocenters. The van der Waals surface area contributed by atoms with Crippen LogP contribution in [0.3, 0.4) is 0 Å². The maximum Gasteiger partial charge on any atom is 0.330 e. The minimum atomic E-state index is -3.59. The smallest absolute Gasteiger partial charge is 0.330 e. The summed E-state index contributed by atoms with van der Waals surface area (Å²) in [5, 5.41) is 0. The third-order valence-corrected chi connectivity index (χ3v) is 7.16. The van der Waals surface area contributed by atoms with Crippen LogP contribution in [0.1, 0.15) is 13.3 Å². The second kappa shape index (κ2) is 8.79. The minimum absolute atomic E-state index is 0.188. The van der Waals surface area contributed by atoms with Crippen molar-refractivity contribution < 1.29 is 22.7 Å². The molecule has 1 aliphatic rings. The Balaban J connectivity index is 1.86. The van der Waals surface area contributed by atoms with E-state index in [4.69, 9.17) is 16.3 Å². The molecule has 0 radical (unpaired) electrons. The molecule has 138 valence electrons. The molecule has 1 aromatic heterocycles. The third-order valence-electron chi connectivity index (χ3n) is 3.56. The van der Waals surface area contributed by atoms with Gasteiger partial charge in [-0.05, 0) is 18.6 Å². The first-order chi connectivity index (χ1) is 11.8. The number of carbonyl (C=O) groups is 2. The number of allylic oxidation sites excluding steroid dienone is 1. The molecule has 0 unspecified atom stereocenters. The van der Waals surface area contributed by atoms with Crippen LogP contribution >= 0.6 is 22.9 Å². The lowest BCUT2D eigenvalue weighted by molar-refractivity contribution is -0.148. The SMILES string of the molecule is CC/C=C/C(=O)OCC(=O)N1CCN(S(=O)(=O)c2ccc(Cl)s2)CC1. The van der Waals surface area contributed by atoms with Crippen molar-refractivity contribution in [3.63, 3.8) is 0 Å². The van der Waals surface area contributed by atoms with E-state index in [1.807, 2.05) is 6.92 Å².